The van der Waals surface area contributed by atoms with Crippen molar-refractivity contribution in [1.29, 1.82) is 0 Å². The smallest absolute Gasteiger partial charge is 0.148 e. The number of pyridine rings is 1. The molecule has 3 heterocycles. The van der Waals surface area contributed by atoms with Crippen LogP contribution in [-0.2, 0) is 0 Å². The number of nitrogen functional groups attached to an aromatic ring is 2. The first-order valence-corrected chi connectivity index (χ1v) is 8.93. The Kier molecular flexibility index (Phi) is 7.92. The Morgan fingerprint density at radius 1 is 0.964 bits per heavy atom. The summed E-state index contributed by atoms with van der Waals surface area (Å²) in [7, 11) is 0. The lowest BCUT2D eigenvalue weighted by molar-refractivity contribution is 0.846. The molecule has 7 nitrogen and oxygen atoms in total. The van der Waals surface area contributed by atoms with E-state index >= 15 is 0 Å². The highest BCUT2D eigenvalue weighted by atomic mass is 15.3. The van der Waals surface area contributed by atoms with Crippen LogP contribution < -0.4 is 21.7 Å². The predicted molar refractivity (Wildman–Crippen MR) is 117 cm³/mol. The zero-order valence-electron chi connectivity index (χ0n) is 16.2. The van der Waals surface area contributed by atoms with Crippen molar-refractivity contribution in [2.24, 2.45) is 0 Å². The van der Waals surface area contributed by atoms with Crippen molar-refractivity contribution in [3.8, 4) is 11.1 Å². The first-order valence-electron chi connectivity index (χ1n) is 8.93. The van der Waals surface area contributed by atoms with Gasteiger partial charge in [-0.15, -0.1) is 13.2 Å². The number of benzene rings is 1. The van der Waals surface area contributed by atoms with Gasteiger partial charge in [-0.3, -0.25) is 15.3 Å². The minimum Gasteiger partial charge on any atom is -0.397 e. The van der Waals surface area contributed by atoms with Crippen LogP contribution in [0.2, 0.25) is 0 Å². The van der Waals surface area contributed by atoms with Gasteiger partial charge in [0.05, 0.1) is 36.1 Å². The number of nitrogens with zero attached hydrogens (tertiary/aromatic N) is 4. The predicted octanol–water partition coefficient (Wildman–Crippen LogP) is 2.87. The molecular weight excluding hydrogens is 350 g/mol. The maximum Gasteiger partial charge on any atom is 0.148 e. The highest BCUT2D eigenvalue weighted by Crippen LogP contribution is 2.24. The average molecular weight is 377 g/mol. The first kappa shape index (κ1) is 20.9. The van der Waals surface area contributed by atoms with Crippen molar-refractivity contribution >= 4 is 17.2 Å². The number of anilines is 3. The fourth-order valence-corrected chi connectivity index (χ4v) is 2.55. The maximum atomic E-state index is 5.72. The normalized spacial score (nSPS) is 12.4. The molecule has 2 aromatic heterocycles. The fraction of sp³-hybridized carbons (Fsp3) is 0.190. The highest BCUT2D eigenvalue weighted by Gasteiger charge is 2.12. The second kappa shape index (κ2) is 10.6. The number of aromatic nitrogens is 3. The minimum atomic E-state index is 0.610. The van der Waals surface area contributed by atoms with Crippen molar-refractivity contribution in [1.82, 2.24) is 20.3 Å². The second-order valence-corrected chi connectivity index (χ2v) is 6.02. The van der Waals surface area contributed by atoms with Crippen LogP contribution in [0.1, 0.15) is 5.69 Å². The molecule has 1 fully saturated rings. The van der Waals surface area contributed by atoms with Crippen LogP contribution in [0, 0.1) is 6.92 Å². The number of nitrogens with two attached hydrogens (primary N) is 2. The zero-order chi connectivity index (χ0) is 20.4. The summed E-state index contributed by atoms with van der Waals surface area (Å²) in [6.07, 6.45) is 7.12. The Morgan fingerprint density at radius 3 is 2.29 bits per heavy atom. The van der Waals surface area contributed by atoms with E-state index in [1.165, 1.54) is 0 Å². The van der Waals surface area contributed by atoms with E-state index in [1.54, 1.807) is 18.6 Å². The number of hydrogen-bond acceptors (Lipinski definition) is 7. The van der Waals surface area contributed by atoms with Gasteiger partial charge in [-0.25, -0.2) is 4.98 Å². The molecule has 0 spiro atoms. The minimum absolute atomic E-state index is 0.610. The molecule has 5 N–H and O–H groups in total. The Labute approximate surface area is 166 Å². The van der Waals surface area contributed by atoms with Crippen molar-refractivity contribution < 1.29 is 0 Å². The summed E-state index contributed by atoms with van der Waals surface area (Å²) in [5, 5.41) is 3.24. The molecule has 0 bridgehead atoms. The third kappa shape index (κ3) is 5.78. The summed E-state index contributed by atoms with van der Waals surface area (Å²) in [4.78, 5) is 14.6. The van der Waals surface area contributed by atoms with Crippen LogP contribution in [-0.4, -0.2) is 34.7 Å². The van der Waals surface area contributed by atoms with E-state index in [0.717, 1.165) is 42.4 Å². The number of nitrogens with one attached hydrogen (secondary N) is 1. The van der Waals surface area contributed by atoms with Gasteiger partial charge in [0.15, 0.2) is 0 Å². The molecule has 0 unspecified atom stereocenters. The largest absolute Gasteiger partial charge is 0.397 e. The van der Waals surface area contributed by atoms with Crippen molar-refractivity contribution in [2.45, 2.75) is 6.92 Å². The second-order valence-electron chi connectivity index (χ2n) is 6.02. The lowest BCUT2D eigenvalue weighted by Crippen LogP contribution is -2.22. The maximum absolute atomic E-state index is 5.72. The molecule has 1 aliphatic heterocycles. The van der Waals surface area contributed by atoms with Gasteiger partial charge in [0.1, 0.15) is 5.82 Å². The lowest BCUT2D eigenvalue weighted by atomic mass is 10.1. The average Bonchev–Trinajstić information content (AvgIpc) is 3.28. The fourth-order valence-electron chi connectivity index (χ4n) is 2.55. The van der Waals surface area contributed by atoms with E-state index in [4.69, 9.17) is 11.5 Å². The molecule has 0 atom stereocenters. The van der Waals surface area contributed by atoms with Gasteiger partial charge < -0.3 is 16.4 Å². The SMILES string of the molecule is C=C.Cc1cnc(N2CCNC2)cn1.Nc1ccc(-c2ccncc2)cc1N. The molecule has 146 valence electrons. The molecule has 7 heteroatoms. The number of hydrogen-bond donors (Lipinski definition) is 3. The van der Waals surface area contributed by atoms with Gasteiger partial charge in [-0.05, 0) is 42.3 Å². The van der Waals surface area contributed by atoms with Crippen LogP contribution >= 0.6 is 0 Å². The van der Waals surface area contributed by atoms with Crippen LogP contribution in [0.5, 0.6) is 0 Å². The summed E-state index contributed by atoms with van der Waals surface area (Å²) in [5.41, 5.74) is 15.7. The van der Waals surface area contributed by atoms with Gasteiger partial charge >= 0.3 is 0 Å². The van der Waals surface area contributed by atoms with Gasteiger partial charge in [0.2, 0.25) is 0 Å². The van der Waals surface area contributed by atoms with Crippen molar-refractivity contribution in [3.63, 3.8) is 0 Å². The van der Waals surface area contributed by atoms with E-state index in [0.29, 0.717) is 11.4 Å². The van der Waals surface area contributed by atoms with Gasteiger partial charge in [-0.2, -0.15) is 0 Å². The molecular formula is C21H27N7. The molecule has 1 aliphatic rings. The third-order valence-electron chi connectivity index (χ3n) is 4.05. The van der Waals surface area contributed by atoms with E-state index in [2.05, 4.69) is 38.3 Å². The molecule has 0 amide bonds. The standard InChI is InChI=1S/C11H11N3.C8H12N4.C2H4/c12-10-2-1-9(7-11(10)13)8-3-5-14-6-4-8;1-7-4-11-8(5-10-7)12-3-2-9-6-12;1-2/h1-7H,12-13H2;4-5,9H,2-3,6H2,1H3;1-2H2. The number of rotatable bonds is 2. The molecule has 28 heavy (non-hydrogen) atoms. The van der Waals surface area contributed by atoms with E-state index in [-0.39, 0.29) is 0 Å². The molecule has 1 aromatic carbocycles. The molecule has 0 saturated carbocycles. The number of aryl methyl sites for hydroxylation is 1. The van der Waals surface area contributed by atoms with Crippen LogP contribution in [0.4, 0.5) is 17.2 Å². The van der Waals surface area contributed by atoms with Gasteiger partial charge in [-0.1, -0.05) is 6.07 Å². The third-order valence-corrected chi connectivity index (χ3v) is 4.05. The Hall–Kier alpha value is -3.45. The van der Waals surface area contributed by atoms with Crippen LogP contribution in [0.15, 0.2) is 68.3 Å². The first-order chi connectivity index (χ1) is 13.6. The summed E-state index contributed by atoms with van der Waals surface area (Å²) >= 11 is 0. The van der Waals surface area contributed by atoms with E-state index in [9.17, 15) is 0 Å². The topological polar surface area (TPSA) is 106 Å². The molecule has 0 aliphatic carbocycles. The van der Waals surface area contributed by atoms with Crippen molar-refractivity contribution in [2.75, 3.05) is 36.1 Å². The van der Waals surface area contributed by atoms with Crippen LogP contribution in [0.3, 0.4) is 0 Å². The molecule has 4 rings (SSSR count). The van der Waals surface area contributed by atoms with Gasteiger partial charge in [0, 0.05) is 25.5 Å². The van der Waals surface area contributed by atoms with E-state index < -0.39 is 0 Å². The Morgan fingerprint density at radius 2 is 1.71 bits per heavy atom. The molecule has 1 saturated heterocycles. The summed E-state index contributed by atoms with van der Waals surface area (Å²) in [6.45, 7) is 10.9. The van der Waals surface area contributed by atoms with Crippen LogP contribution in [0.25, 0.3) is 11.1 Å². The van der Waals surface area contributed by atoms with Gasteiger partial charge in [0.25, 0.3) is 0 Å². The molecule has 0 radical (unpaired) electrons. The quantitative estimate of drug-likeness (QED) is 0.466. The van der Waals surface area contributed by atoms with E-state index in [1.807, 2.05) is 43.5 Å². The monoisotopic (exact) mass is 377 g/mol. The summed E-state index contributed by atoms with van der Waals surface area (Å²) in [5.74, 6) is 0.964. The van der Waals surface area contributed by atoms with Crippen molar-refractivity contribution in [3.05, 3.63) is 74.0 Å². The lowest BCUT2D eigenvalue weighted by Gasteiger charge is -2.13. The Bertz CT molecular complexity index is 844. The Balaban J connectivity index is 0.000000186. The summed E-state index contributed by atoms with van der Waals surface area (Å²) < 4.78 is 0. The highest BCUT2D eigenvalue weighted by molar-refractivity contribution is 5.74. The molecule has 3 aromatic rings. The zero-order valence-corrected chi connectivity index (χ0v) is 16.2. The summed E-state index contributed by atoms with van der Waals surface area (Å²) in [6, 6.07) is 9.49.